The van der Waals surface area contributed by atoms with Crippen molar-refractivity contribution in [2.45, 2.75) is 0 Å². The molecule has 72 valence electrons. The summed E-state index contributed by atoms with van der Waals surface area (Å²) in [5, 5.41) is 4.60. The lowest BCUT2D eigenvalue weighted by Gasteiger charge is -2.05. The number of hydrogen-bond donors (Lipinski definition) is 0. The molecular weight excluding hydrogens is 202 g/mol. The lowest BCUT2D eigenvalue weighted by Crippen LogP contribution is -1.96. The van der Waals surface area contributed by atoms with Crippen molar-refractivity contribution in [2.24, 2.45) is 0 Å². The Morgan fingerprint density at radius 3 is 2.93 bits per heavy atom. The molecule has 2 rings (SSSR count). The standard InChI is InChI=1S/C9H8ClN3O/c1-14-7-2-3-8(10)9(4-7)13-6-11-5-12-13/h2-6H,1H3. The molecule has 0 fully saturated rings. The van der Waals surface area contributed by atoms with Crippen LogP contribution in [0.1, 0.15) is 0 Å². The molecule has 0 amide bonds. The van der Waals surface area contributed by atoms with E-state index in [0.29, 0.717) is 5.02 Å². The number of benzene rings is 1. The van der Waals surface area contributed by atoms with E-state index in [0.717, 1.165) is 11.4 Å². The summed E-state index contributed by atoms with van der Waals surface area (Å²) in [4.78, 5) is 3.85. The van der Waals surface area contributed by atoms with E-state index in [1.54, 1.807) is 36.3 Å². The van der Waals surface area contributed by atoms with E-state index in [-0.39, 0.29) is 0 Å². The van der Waals surface area contributed by atoms with Crippen LogP contribution in [0.25, 0.3) is 5.69 Å². The van der Waals surface area contributed by atoms with Crippen LogP contribution in [-0.2, 0) is 0 Å². The monoisotopic (exact) mass is 209 g/mol. The van der Waals surface area contributed by atoms with Crippen LogP contribution < -0.4 is 4.74 Å². The van der Waals surface area contributed by atoms with Crippen molar-refractivity contribution in [3.05, 3.63) is 35.9 Å². The van der Waals surface area contributed by atoms with E-state index in [9.17, 15) is 0 Å². The van der Waals surface area contributed by atoms with Gasteiger partial charge in [-0.1, -0.05) is 11.6 Å². The first-order valence-corrected chi connectivity index (χ1v) is 4.37. The van der Waals surface area contributed by atoms with Crippen LogP contribution >= 0.6 is 11.6 Å². The molecule has 1 aromatic heterocycles. The summed E-state index contributed by atoms with van der Waals surface area (Å²) in [6.45, 7) is 0. The van der Waals surface area contributed by atoms with Crippen molar-refractivity contribution in [1.82, 2.24) is 14.8 Å². The molecule has 0 saturated heterocycles. The average Bonchev–Trinajstić information content (AvgIpc) is 2.71. The second-order valence-electron chi connectivity index (χ2n) is 2.66. The van der Waals surface area contributed by atoms with Crippen LogP contribution in [0.15, 0.2) is 30.9 Å². The van der Waals surface area contributed by atoms with Gasteiger partial charge in [0.1, 0.15) is 18.4 Å². The zero-order valence-electron chi connectivity index (χ0n) is 7.51. The largest absolute Gasteiger partial charge is 0.497 e. The van der Waals surface area contributed by atoms with Crippen LogP contribution in [0, 0.1) is 0 Å². The topological polar surface area (TPSA) is 39.9 Å². The lowest BCUT2D eigenvalue weighted by atomic mass is 10.3. The minimum Gasteiger partial charge on any atom is -0.497 e. The van der Waals surface area contributed by atoms with E-state index < -0.39 is 0 Å². The third kappa shape index (κ3) is 1.56. The van der Waals surface area contributed by atoms with Gasteiger partial charge in [0.15, 0.2) is 0 Å². The highest BCUT2D eigenvalue weighted by molar-refractivity contribution is 6.32. The van der Waals surface area contributed by atoms with Gasteiger partial charge in [0.25, 0.3) is 0 Å². The third-order valence-corrected chi connectivity index (χ3v) is 2.14. The van der Waals surface area contributed by atoms with Gasteiger partial charge in [-0.05, 0) is 12.1 Å². The Balaban J connectivity index is 2.51. The van der Waals surface area contributed by atoms with E-state index in [1.807, 2.05) is 0 Å². The van der Waals surface area contributed by atoms with Crippen molar-refractivity contribution in [3.8, 4) is 11.4 Å². The molecule has 0 saturated carbocycles. The number of aromatic nitrogens is 3. The smallest absolute Gasteiger partial charge is 0.138 e. The maximum atomic E-state index is 6.00. The number of rotatable bonds is 2. The van der Waals surface area contributed by atoms with Crippen molar-refractivity contribution in [1.29, 1.82) is 0 Å². The van der Waals surface area contributed by atoms with Gasteiger partial charge in [0.05, 0.1) is 17.8 Å². The highest BCUT2D eigenvalue weighted by Crippen LogP contribution is 2.24. The predicted octanol–water partition coefficient (Wildman–Crippen LogP) is 1.93. The maximum Gasteiger partial charge on any atom is 0.138 e. The molecule has 2 aromatic rings. The molecule has 14 heavy (non-hydrogen) atoms. The van der Waals surface area contributed by atoms with Gasteiger partial charge in [-0.2, -0.15) is 5.10 Å². The molecule has 0 aliphatic rings. The predicted molar refractivity (Wildman–Crippen MR) is 52.9 cm³/mol. The molecule has 0 aliphatic carbocycles. The first kappa shape index (κ1) is 9.02. The van der Waals surface area contributed by atoms with Gasteiger partial charge in [0, 0.05) is 6.07 Å². The summed E-state index contributed by atoms with van der Waals surface area (Å²) >= 11 is 6.00. The van der Waals surface area contributed by atoms with E-state index in [2.05, 4.69) is 10.1 Å². The average molecular weight is 210 g/mol. The summed E-state index contributed by atoms with van der Waals surface area (Å²) in [5.41, 5.74) is 0.753. The highest BCUT2D eigenvalue weighted by Gasteiger charge is 2.04. The third-order valence-electron chi connectivity index (χ3n) is 1.82. The van der Waals surface area contributed by atoms with Gasteiger partial charge >= 0.3 is 0 Å². The SMILES string of the molecule is COc1ccc(Cl)c(-n2cncn2)c1. The zero-order chi connectivity index (χ0) is 9.97. The fraction of sp³-hybridized carbons (Fsp3) is 0.111. The van der Waals surface area contributed by atoms with Crippen molar-refractivity contribution in [2.75, 3.05) is 7.11 Å². The Morgan fingerprint density at radius 1 is 1.43 bits per heavy atom. The molecule has 0 N–H and O–H groups in total. The van der Waals surface area contributed by atoms with E-state index in [4.69, 9.17) is 16.3 Å². The minimum atomic E-state index is 0.608. The minimum absolute atomic E-state index is 0.608. The second-order valence-corrected chi connectivity index (χ2v) is 3.06. The summed E-state index contributed by atoms with van der Waals surface area (Å²) in [7, 11) is 1.61. The zero-order valence-corrected chi connectivity index (χ0v) is 8.27. The van der Waals surface area contributed by atoms with Gasteiger partial charge in [-0.25, -0.2) is 9.67 Å². The number of halogens is 1. The fourth-order valence-corrected chi connectivity index (χ4v) is 1.33. The molecule has 4 nitrogen and oxygen atoms in total. The Labute approximate surface area is 86.1 Å². The number of hydrogen-bond acceptors (Lipinski definition) is 3. The van der Waals surface area contributed by atoms with Gasteiger partial charge in [-0.15, -0.1) is 0 Å². The van der Waals surface area contributed by atoms with Crippen LogP contribution in [0.2, 0.25) is 5.02 Å². The first-order valence-electron chi connectivity index (χ1n) is 4.00. The van der Waals surface area contributed by atoms with Gasteiger partial charge < -0.3 is 4.74 Å². The molecule has 0 radical (unpaired) electrons. The normalized spacial score (nSPS) is 10.1. The van der Waals surface area contributed by atoms with Gasteiger partial charge in [0.2, 0.25) is 0 Å². The molecule has 5 heteroatoms. The fourth-order valence-electron chi connectivity index (χ4n) is 1.13. The Kier molecular flexibility index (Phi) is 2.37. The van der Waals surface area contributed by atoms with Crippen LogP contribution in [-0.4, -0.2) is 21.9 Å². The lowest BCUT2D eigenvalue weighted by molar-refractivity contribution is 0.414. The van der Waals surface area contributed by atoms with E-state index >= 15 is 0 Å². The quantitative estimate of drug-likeness (QED) is 0.759. The molecule has 0 atom stereocenters. The first-order chi connectivity index (χ1) is 6.81. The number of methoxy groups -OCH3 is 1. The summed E-state index contributed by atoms with van der Waals surface area (Å²) in [5.74, 6) is 0.736. The molecular formula is C9H8ClN3O. The Morgan fingerprint density at radius 2 is 2.29 bits per heavy atom. The molecule has 0 spiro atoms. The van der Waals surface area contributed by atoms with Crippen LogP contribution in [0.5, 0.6) is 5.75 Å². The summed E-state index contributed by atoms with van der Waals surface area (Å²) in [6, 6.07) is 5.36. The second kappa shape index (κ2) is 3.67. The van der Waals surface area contributed by atoms with Crippen molar-refractivity contribution < 1.29 is 4.74 Å². The summed E-state index contributed by atoms with van der Waals surface area (Å²) in [6.07, 6.45) is 3.04. The molecule has 0 aliphatic heterocycles. The molecule has 1 aromatic carbocycles. The Hall–Kier alpha value is -1.55. The molecule has 1 heterocycles. The summed E-state index contributed by atoms with van der Waals surface area (Å²) < 4.78 is 6.68. The highest BCUT2D eigenvalue weighted by atomic mass is 35.5. The number of ether oxygens (including phenoxy) is 1. The maximum absolute atomic E-state index is 6.00. The molecule has 0 unspecified atom stereocenters. The van der Waals surface area contributed by atoms with Gasteiger partial charge in [-0.3, -0.25) is 0 Å². The van der Waals surface area contributed by atoms with Crippen LogP contribution in [0.3, 0.4) is 0 Å². The van der Waals surface area contributed by atoms with E-state index in [1.165, 1.54) is 6.33 Å². The van der Waals surface area contributed by atoms with Crippen molar-refractivity contribution >= 4 is 11.6 Å². The van der Waals surface area contributed by atoms with Crippen molar-refractivity contribution in [3.63, 3.8) is 0 Å². The molecule has 0 bridgehead atoms. The number of nitrogens with zero attached hydrogens (tertiary/aromatic N) is 3. The Bertz CT molecular complexity index is 428. The van der Waals surface area contributed by atoms with Crippen LogP contribution in [0.4, 0.5) is 0 Å².